The van der Waals surface area contributed by atoms with Gasteiger partial charge in [-0.15, -0.1) is 0 Å². The summed E-state index contributed by atoms with van der Waals surface area (Å²) in [5.74, 6) is -0.0783. The third-order valence-electron chi connectivity index (χ3n) is 4.81. The van der Waals surface area contributed by atoms with Crippen LogP contribution in [0.15, 0.2) is 54.6 Å². The van der Waals surface area contributed by atoms with Gasteiger partial charge in [-0.05, 0) is 50.4 Å². The van der Waals surface area contributed by atoms with Crippen molar-refractivity contribution in [1.82, 2.24) is 5.32 Å². The third kappa shape index (κ3) is 4.04. The minimum absolute atomic E-state index is 0.507. The van der Waals surface area contributed by atoms with Crippen LogP contribution in [0.1, 0.15) is 36.0 Å². The van der Waals surface area contributed by atoms with Crippen molar-refractivity contribution >= 4 is 0 Å². The van der Waals surface area contributed by atoms with E-state index in [4.69, 9.17) is 9.47 Å². The van der Waals surface area contributed by atoms with Crippen LogP contribution in [0, 0.1) is 0 Å². The Hall–Kier alpha value is -1.68. The maximum Gasteiger partial charge on any atom is 0.192 e. The van der Waals surface area contributed by atoms with Crippen LogP contribution in [-0.2, 0) is 21.7 Å². The molecule has 1 atom stereocenters. The lowest BCUT2D eigenvalue weighted by Gasteiger charge is -2.24. The van der Waals surface area contributed by atoms with E-state index in [9.17, 15) is 0 Å². The maximum atomic E-state index is 5.76. The van der Waals surface area contributed by atoms with E-state index in [2.05, 4.69) is 59.9 Å². The first kappa shape index (κ1) is 17.2. The smallest absolute Gasteiger partial charge is 0.192 e. The van der Waals surface area contributed by atoms with Gasteiger partial charge in [0.25, 0.3) is 0 Å². The van der Waals surface area contributed by atoms with Crippen LogP contribution in [0.25, 0.3) is 0 Å². The van der Waals surface area contributed by atoms with Gasteiger partial charge in [0.05, 0.1) is 13.2 Å². The molecule has 0 saturated carbocycles. The van der Waals surface area contributed by atoms with E-state index in [0.717, 1.165) is 24.9 Å². The molecular weight excluding hydrogens is 298 g/mol. The van der Waals surface area contributed by atoms with Crippen LogP contribution in [0.2, 0.25) is 0 Å². The van der Waals surface area contributed by atoms with Gasteiger partial charge in [-0.3, -0.25) is 0 Å². The van der Waals surface area contributed by atoms with Gasteiger partial charge in [0.15, 0.2) is 5.79 Å². The van der Waals surface area contributed by atoms with Crippen LogP contribution >= 0.6 is 0 Å². The fourth-order valence-electron chi connectivity index (χ4n) is 3.34. The molecule has 0 radical (unpaired) electrons. The Balaban J connectivity index is 1.76. The van der Waals surface area contributed by atoms with Crippen LogP contribution in [0.5, 0.6) is 0 Å². The zero-order valence-electron chi connectivity index (χ0n) is 14.6. The minimum atomic E-state index is -0.585. The van der Waals surface area contributed by atoms with E-state index in [-0.39, 0.29) is 0 Å². The topological polar surface area (TPSA) is 30.5 Å². The molecule has 1 saturated heterocycles. The highest BCUT2D eigenvalue weighted by Gasteiger charge is 2.33. The predicted octanol–water partition coefficient (Wildman–Crippen LogP) is 3.84. The lowest BCUT2D eigenvalue weighted by atomic mass is 9.88. The van der Waals surface area contributed by atoms with Crippen molar-refractivity contribution in [2.75, 3.05) is 26.8 Å². The number of benzene rings is 2. The number of hydrogen-bond donors (Lipinski definition) is 1. The molecule has 1 N–H and O–H groups in total. The van der Waals surface area contributed by atoms with Crippen LogP contribution in [0.4, 0.5) is 0 Å². The Morgan fingerprint density at radius 2 is 1.67 bits per heavy atom. The fraction of sp³-hybridized carbons (Fsp3) is 0.429. The van der Waals surface area contributed by atoms with Crippen molar-refractivity contribution in [2.45, 2.75) is 31.5 Å². The molecule has 3 heteroatoms. The zero-order chi connectivity index (χ0) is 16.8. The molecule has 1 aliphatic heterocycles. The van der Waals surface area contributed by atoms with E-state index in [0.29, 0.717) is 19.1 Å². The molecule has 0 bridgehead atoms. The summed E-state index contributed by atoms with van der Waals surface area (Å²) in [5, 5.41) is 3.28. The van der Waals surface area contributed by atoms with Crippen molar-refractivity contribution in [3.63, 3.8) is 0 Å². The fourth-order valence-corrected chi connectivity index (χ4v) is 3.34. The number of hydrogen-bond acceptors (Lipinski definition) is 3. The van der Waals surface area contributed by atoms with E-state index < -0.39 is 5.79 Å². The maximum absolute atomic E-state index is 5.76. The quantitative estimate of drug-likeness (QED) is 0.839. The highest BCUT2D eigenvalue weighted by atomic mass is 16.7. The molecule has 2 aromatic carbocycles. The molecule has 1 aliphatic rings. The van der Waals surface area contributed by atoms with Gasteiger partial charge in [-0.2, -0.15) is 0 Å². The second-order valence-electron chi connectivity index (χ2n) is 6.54. The summed E-state index contributed by atoms with van der Waals surface area (Å²) < 4.78 is 11.5. The van der Waals surface area contributed by atoms with E-state index in [1.54, 1.807) is 0 Å². The first-order valence-corrected chi connectivity index (χ1v) is 8.78. The van der Waals surface area contributed by atoms with Crippen molar-refractivity contribution in [2.24, 2.45) is 0 Å². The van der Waals surface area contributed by atoms with Gasteiger partial charge in [0, 0.05) is 5.56 Å². The average Bonchev–Trinajstić information content (AvgIpc) is 3.07. The van der Waals surface area contributed by atoms with Gasteiger partial charge < -0.3 is 14.8 Å². The van der Waals surface area contributed by atoms with Crippen LogP contribution in [-0.4, -0.2) is 26.8 Å². The lowest BCUT2D eigenvalue weighted by molar-refractivity contribution is -0.149. The number of rotatable bonds is 7. The molecule has 24 heavy (non-hydrogen) atoms. The highest BCUT2D eigenvalue weighted by molar-refractivity contribution is 5.30. The molecule has 0 aliphatic carbocycles. The normalized spacial score (nSPS) is 17.8. The van der Waals surface area contributed by atoms with Crippen molar-refractivity contribution in [1.29, 1.82) is 0 Å². The first-order chi connectivity index (χ1) is 11.7. The molecule has 2 aromatic rings. The standard InChI is InChI=1S/C21H27NO2/c1-21(23-14-15-24-21)20-10-8-18(9-11-20)19(12-13-22-2)16-17-6-4-3-5-7-17/h3-11,19,22H,12-16H2,1-2H3. The Morgan fingerprint density at radius 1 is 1.00 bits per heavy atom. The second kappa shape index (κ2) is 7.93. The summed E-state index contributed by atoms with van der Waals surface area (Å²) in [6, 6.07) is 19.5. The molecule has 128 valence electrons. The minimum Gasteiger partial charge on any atom is -0.344 e. The van der Waals surface area contributed by atoms with Gasteiger partial charge in [0.1, 0.15) is 0 Å². The Labute approximate surface area is 145 Å². The zero-order valence-corrected chi connectivity index (χ0v) is 14.6. The van der Waals surface area contributed by atoms with Gasteiger partial charge in [-0.25, -0.2) is 0 Å². The summed E-state index contributed by atoms with van der Waals surface area (Å²) >= 11 is 0. The van der Waals surface area contributed by atoms with Gasteiger partial charge >= 0.3 is 0 Å². The van der Waals surface area contributed by atoms with Crippen molar-refractivity contribution < 1.29 is 9.47 Å². The third-order valence-corrected chi connectivity index (χ3v) is 4.81. The summed E-state index contributed by atoms with van der Waals surface area (Å²) in [7, 11) is 2.01. The number of ether oxygens (including phenoxy) is 2. The van der Waals surface area contributed by atoms with Crippen LogP contribution in [0.3, 0.4) is 0 Å². The Kier molecular flexibility index (Phi) is 5.67. The summed E-state index contributed by atoms with van der Waals surface area (Å²) in [6.45, 7) is 4.34. The molecule has 3 nitrogen and oxygen atoms in total. The largest absolute Gasteiger partial charge is 0.344 e. The summed E-state index contributed by atoms with van der Waals surface area (Å²) in [5.41, 5.74) is 3.85. The average molecular weight is 325 g/mol. The molecule has 1 unspecified atom stereocenters. The van der Waals surface area contributed by atoms with E-state index >= 15 is 0 Å². The predicted molar refractivity (Wildman–Crippen MR) is 97.1 cm³/mol. The molecule has 1 heterocycles. The van der Waals surface area contributed by atoms with Crippen molar-refractivity contribution in [3.05, 3.63) is 71.3 Å². The second-order valence-corrected chi connectivity index (χ2v) is 6.54. The summed E-state index contributed by atoms with van der Waals surface area (Å²) in [6.07, 6.45) is 2.18. The summed E-state index contributed by atoms with van der Waals surface area (Å²) in [4.78, 5) is 0. The molecule has 3 rings (SSSR count). The molecule has 0 amide bonds. The SMILES string of the molecule is CNCCC(Cc1ccccc1)c1ccc(C2(C)OCCO2)cc1. The molecule has 0 spiro atoms. The van der Waals surface area contributed by atoms with Crippen molar-refractivity contribution in [3.8, 4) is 0 Å². The van der Waals surface area contributed by atoms with Gasteiger partial charge in [0.2, 0.25) is 0 Å². The molecular formula is C21H27NO2. The van der Waals surface area contributed by atoms with Gasteiger partial charge in [-0.1, -0.05) is 54.6 Å². The Morgan fingerprint density at radius 3 is 2.29 bits per heavy atom. The molecule has 0 aromatic heterocycles. The van der Waals surface area contributed by atoms with E-state index in [1.165, 1.54) is 11.1 Å². The molecule has 1 fully saturated rings. The number of nitrogens with one attached hydrogen (secondary N) is 1. The first-order valence-electron chi connectivity index (χ1n) is 8.78. The Bertz CT molecular complexity index is 618. The highest BCUT2D eigenvalue weighted by Crippen LogP contribution is 2.32. The van der Waals surface area contributed by atoms with E-state index in [1.807, 2.05) is 14.0 Å². The van der Waals surface area contributed by atoms with Crippen LogP contribution < -0.4 is 5.32 Å². The lowest BCUT2D eigenvalue weighted by Crippen LogP contribution is -2.22. The monoisotopic (exact) mass is 325 g/mol.